The number of carbonyl (C=O) groups is 1. The Morgan fingerprint density at radius 1 is 1.29 bits per heavy atom. The van der Waals surface area contributed by atoms with E-state index < -0.39 is 5.54 Å². The Balaban J connectivity index is 3.17. The number of hydrogen-bond acceptors (Lipinski definition) is 2. The van der Waals surface area contributed by atoms with Gasteiger partial charge in [0.05, 0.1) is 5.54 Å². The van der Waals surface area contributed by atoms with Crippen LogP contribution in [0.2, 0.25) is 5.02 Å². The van der Waals surface area contributed by atoms with Crippen molar-refractivity contribution in [3.05, 3.63) is 34.9 Å². The number of rotatable bonds is 5. The lowest BCUT2D eigenvalue weighted by atomic mass is 9.83. The molecule has 0 saturated heterocycles. The Labute approximate surface area is 109 Å². The third kappa shape index (κ3) is 2.70. The molecule has 1 rings (SSSR count). The zero-order chi connectivity index (χ0) is 13.1. The van der Waals surface area contributed by atoms with Gasteiger partial charge in [0.15, 0.2) is 5.78 Å². The third-order valence-electron chi connectivity index (χ3n) is 3.54. The van der Waals surface area contributed by atoms with Gasteiger partial charge in [0.1, 0.15) is 0 Å². The van der Waals surface area contributed by atoms with Crippen LogP contribution in [0.5, 0.6) is 0 Å². The lowest BCUT2D eigenvalue weighted by Gasteiger charge is -2.37. The molecule has 0 aliphatic heterocycles. The molecule has 0 aromatic heterocycles. The molecule has 0 bridgehead atoms. The van der Waals surface area contributed by atoms with Gasteiger partial charge in [-0.25, -0.2) is 0 Å². The Morgan fingerprint density at radius 3 is 2.29 bits per heavy atom. The molecule has 2 nitrogen and oxygen atoms in total. The molecule has 0 amide bonds. The van der Waals surface area contributed by atoms with Gasteiger partial charge in [-0.3, -0.25) is 9.69 Å². The van der Waals surface area contributed by atoms with E-state index in [1.54, 1.807) is 12.1 Å². The average molecular weight is 254 g/mol. The molecule has 0 unspecified atom stereocenters. The van der Waals surface area contributed by atoms with Crippen molar-refractivity contribution in [2.45, 2.75) is 32.2 Å². The Bertz CT molecular complexity index is 397. The van der Waals surface area contributed by atoms with Gasteiger partial charge in [-0.05, 0) is 39.1 Å². The van der Waals surface area contributed by atoms with E-state index in [-0.39, 0.29) is 5.78 Å². The molecular formula is C14H20ClNO. The smallest absolute Gasteiger partial charge is 0.183 e. The maximum absolute atomic E-state index is 12.6. The first-order chi connectivity index (χ1) is 7.97. The quantitative estimate of drug-likeness (QED) is 0.747. The molecule has 0 spiro atoms. The average Bonchev–Trinajstić information content (AvgIpc) is 2.30. The van der Waals surface area contributed by atoms with Crippen molar-refractivity contribution in [1.82, 2.24) is 4.90 Å². The Hall–Kier alpha value is -0.860. The van der Waals surface area contributed by atoms with Crippen LogP contribution < -0.4 is 0 Å². The molecule has 94 valence electrons. The summed E-state index contributed by atoms with van der Waals surface area (Å²) in [5.41, 5.74) is 0.264. The molecule has 0 N–H and O–H groups in total. The summed E-state index contributed by atoms with van der Waals surface area (Å²) in [6.07, 6.45) is 1.59. The number of carbonyl (C=O) groups excluding carboxylic acids is 1. The molecular weight excluding hydrogens is 234 g/mol. The molecule has 17 heavy (non-hydrogen) atoms. The molecule has 0 saturated carbocycles. The third-order valence-corrected chi connectivity index (χ3v) is 3.77. The van der Waals surface area contributed by atoms with Gasteiger partial charge in [0, 0.05) is 10.6 Å². The van der Waals surface area contributed by atoms with Crippen LogP contribution in [-0.2, 0) is 0 Å². The van der Waals surface area contributed by atoms with Crippen LogP contribution in [0.25, 0.3) is 0 Å². The fraction of sp³-hybridized carbons (Fsp3) is 0.500. The largest absolute Gasteiger partial charge is 0.297 e. The van der Waals surface area contributed by atoms with E-state index in [4.69, 9.17) is 11.6 Å². The molecule has 0 atom stereocenters. The lowest BCUT2D eigenvalue weighted by molar-refractivity contribution is 0.0656. The number of benzene rings is 1. The van der Waals surface area contributed by atoms with Crippen LogP contribution in [-0.4, -0.2) is 30.3 Å². The highest BCUT2D eigenvalue weighted by Crippen LogP contribution is 2.27. The number of ketones is 1. The molecule has 0 heterocycles. The number of halogens is 1. The summed E-state index contributed by atoms with van der Waals surface area (Å²) in [4.78, 5) is 14.6. The molecule has 1 aromatic carbocycles. The van der Waals surface area contributed by atoms with Gasteiger partial charge < -0.3 is 0 Å². The van der Waals surface area contributed by atoms with Gasteiger partial charge in [-0.2, -0.15) is 0 Å². The maximum atomic E-state index is 12.6. The fourth-order valence-electron chi connectivity index (χ4n) is 2.31. The van der Waals surface area contributed by atoms with Crippen molar-refractivity contribution in [2.75, 3.05) is 14.1 Å². The minimum atomic E-state index is -0.426. The maximum Gasteiger partial charge on any atom is 0.183 e. The minimum absolute atomic E-state index is 0.148. The predicted octanol–water partition coefficient (Wildman–Crippen LogP) is 3.64. The van der Waals surface area contributed by atoms with Crippen molar-refractivity contribution in [2.24, 2.45) is 0 Å². The first-order valence-electron chi connectivity index (χ1n) is 5.95. The molecule has 3 heteroatoms. The van der Waals surface area contributed by atoms with E-state index in [1.807, 2.05) is 45.0 Å². The van der Waals surface area contributed by atoms with Crippen LogP contribution in [0.15, 0.2) is 24.3 Å². The second-order valence-corrected chi connectivity index (χ2v) is 4.91. The van der Waals surface area contributed by atoms with Crippen LogP contribution in [0, 0.1) is 0 Å². The van der Waals surface area contributed by atoms with E-state index in [0.717, 1.165) is 12.8 Å². The topological polar surface area (TPSA) is 20.3 Å². The number of nitrogens with zero attached hydrogens (tertiary/aromatic N) is 1. The molecule has 1 aromatic rings. The highest BCUT2D eigenvalue weighted by atomic mass is 35.5. The number of likely N-dealkylation sites (N-methyl/N-ethyl adjacent to an activating group) is 1. The highest BCUT2D eigenvalue weighted by Gasteiger charge is 2.37. The summed E-state index contributed by atoms with van der Waals surface area (Å²) in [6.45, 7) is 4.10. The highest BCUT2D eigenvalue weighted by molar-refractivity contribution is 6.31. The summed E-state index contributed by atoms with van der Waals surface area (Å²) in [5.74, 6) is 0.148. The first kappa shape index (κ1) is 14.2. The number of Topliss-reactive ketones (excluding diaryl/α,β-unsaturated/α-hetero) is 1. The van der Waals surface area contributed by atoms with E-state index in [1.165, 1.54) is 0 Å². The summed E-state index contributed by atoms with van der Waals surface area (Å²) in [6, 6.07) is 7.18. The molecule has 0 radical (unpaired) electrons. The van der Waals surface area contributed by atoms with Crippen LogP contribution in [0.4, 0.5) is 0 Å². The normalized spacial score (nSPS) is 11.9. The zero-order valence-electron chi connectivity index (χ0n) is 11.0. The fourth-order valence-corrected chi connectivity index (χ4v) is 2.50. The zero-order valence-corrected chi connectivity index (χ0v) is 11.7. The van der Waals surface area contributed by atoms with Gasteiger partial charge >= 0.3 is 0 Å². The molecule has 0 fully saturated rings. The van der Waals surface area contributed by atoms with Crippen molar-refractivity contribution in [3.63, 3.8) is 0 Å². The van der Waals surface area contributed by atoms with E-state index in [2.05, 4.69) is 0 Å². The summed E-state index contributed by atoms with van der Waals surface area (Å²) in [7, 11) is 3.91. The van der Waals surface area contributed by atoms with Crippen molar-refractivity contribution in [1.29, 1.82) is 0 Å². The summed E-state index contributed by atoms with van der Waals surface area (Å²) >= 11 is 5.94. The first-order valence-corrected chi connectivity index (χ1v) is 6.33. The predicted molar refractivity (Wildman–Crippen MR) is 72.8 cm³/mol. The monoisotopic (exact) mass is 253 g/mol. The van der Waals surface area contributed by atoms with Crippen molar-refractivity contribution in [3.8, 4) is 0 Å². The number of hydrogen-bond donors (Lipinski definition) is 0. The standard InChI is InChI=1S/C14H20ClNO/c1-5-14(6-2,16(3)4)13(17)11-8-7-9-12(15)10-11/h7-10H,5-6H2,1-4H3. The second-order valence-electron chi connectivity index (χ2n) is 4.47. The minimum Gasteiger partial charge on any atom is -0.297 e. The Morgan fingerprint density at radius 2 is 1.88 bits per heavy atom. The van der Waals surface area contributed by atoms with E-state index in [9.17, 15) is 4.79 Å². The van der Waals surface area contributed by atoms with Gasteiger partial charge in [0.2, 0.25) is 0 Å². The van der Waals surface area contributed by atoms with E-state index >= 15 is 0 Å². The van der Waals surface area contributed by atoms with Crippen LogP contribution in [0.3, 0.4) is 0 Å². The SMILES string of the molecule is CCC(CC)(C(=O)c1cccc(Cl)c1)N(C)C. The van der Waals surface area contributed by atoms with Crippen molar-refractivity contribution < 1.29 is 4.79 Å². The summed E-state index contributed by atoms with van der Waals surface area (Å²) < 4.78 is 0. The van der Waals surface area contributed by atoms with Crippen LogP contribution >= 0.6 is 11.6 Å². The second kappa shape index (κ2) is 5.65. The van der Waals surface area contributed by atoms with Gasteiger partial charge in [-0.15, -0.1) is 0 Å². The molecule has 0 aliphatic carbocycles. The summed E-state index contributed by atoms with van der Waals surface area (Å²) in [5, 5.41) is 0.607. The van der Waals surface area contributed by atoms with Gasteiger partial charge in [0.25, 0.3) is 0 Å². The van der Waals surface area contributed by atoms with Crippen molar-refractivity contribution >= 4 is 17.4 Å². The van der Waals surface area contributed by atoms with Crippen LogP contribution in [0.1, 0.15) is 37.0 Å². The van der Waals surface area contributed by atoms with Gasteiger partial charge in [-0.1, -0.05) is 37.6 Å². The molecule has 0 aliphatic rings. The lowest BCUT2D eigenvalue weighted by Crippen LogP contribution is -2.50. The van der Waals surface area contributed by atoms with E-state index in [0.29, 0.717) is 10.6 Å². The Kier molecular flexibility index (Phi) is 4.72.